The van der Waals surface area contributed by atoms with Crippen molar-refractivity contribution >= 4 is 30.4 Å². The fraction of sp³-hybridized carbons (Fsp3) is 0.700. The summed E-state index contributed by atoms with van der Waals surface area (Å²) in [6, 6.07) is 7.62. The Bertz CT molecular complexity index is 1060. The van der Waals surface area contributed by atoms with E-state index in [-0.39, 0.29) is 31.0 Å². The highest BCUT2D eigenvalue weighted by Gasteiger charge is 2.16. The smallest absolute Gasteiger partial charge is 0.268 e. The number of nitrogens with zero attached hydrogens (tertiary/aromatic N) is 2. The van der Waals surface area contributed by atoms with Gasteiger partial charge in [-0.3, -0.25) is 22.7 Å². The third kappa shape index (κ3) is 13.7. The second kappa shape index (κ2) is 14.4. The van der Waals surface area contributed by atoms with Gasteiger partial charge in [-0.05, 0) is 37.1 Å². The highest BCUT2D eigenvalue weighted by molar-refractivity contribution is 7.87. The Kier molecular flexibility index (Phi) is 13.1. The summed E-state index contributed by atoms with van der Waals surface area (Å²) in [4.78, 5) is 3.81. The number of benzene rings is 1. The molecule has 0 aliphatic rings. The average Bonchev–Trinajstić information content (AvgIpc) is 2.75. The van der Waals surface area contributed by atoms with E-state index in [1.807, 2.05) is 36.1 Å². The highest BCUT2D eigenvalue weighted by Crippen LogP contribution is 2.13. The van der Waals surface area contributed by atoms with Crippen LogP contribution < -0.4 is 0 Å². The molecule has 0 fully saturated rings. The molecule has 11 nitrogen and oxygen atoms in total. The maximum absolute atomic E-state index is 11.7. The first-order chi connectivity index (χ1) is 15.8. The Balaban J connectivity index is 2.90. The first kappa shape index (κ1) is 30.9. The number of rotatable bonds is 18. The van der Waals surface area contributed by atoms with E-state index in [1.54, 1.807) is 4.90 Å². The molecule has 0 saturated carbocycles. The molecule has 1 rings (SSSR count). The molecule has 0 atom stereocenters. The van der Waals surface area contributed by atoms with Crippen LogP contribution in [-0.2, 0) is 51.8 Å². The molecule has 198 valence electrons. The molecule has 0 aliphatic carbocycles. The van der Waals surface area contributed by atoms with Gasteiger partial charge < -0.3 is 0 Å². The van der Waals surface area contributed by atoms with Gasteiger partial charge in [0.2, 0.25) is 0 Å². The van der Waals surface area contributed by atoms with Crippen molar-refractivity contribution in [1.82, 2.24) is 9.80 Å². The molecule has 0 bridgehead atoms. The Hall–Kier alpha value is -1.13. The second-order valence-corrected chi connectivity index (χ2v) is 13.2. The Labute approximate surface area is 204 Å². The molecule has 14 heteroatoms. The van der Waals surface area contributed by atoms with Crippen LogP contribution in [0.3, 0.4) is 0 Å². The lowest BCUT2D eigenvalue weighted by molar-refractivity contribution is 0.273. The minimum Gasteiger partial charge on any atom is -0.298 e. The SMILES string of the molecule is CCCN(CCS(=O)(=O)OC)Cc1cccc(CN(CCCS(=O)(=O)O)CCS(=O)(=O)OC)c1. The predicted octanol–water partition coefficient (Wildman–Crippen LogP) is 0.931. The first-order valence-corrected chi connectivity index (χ1v) is 15.6. The van der Waals surface area contributed by atoms with Gasteiger partial charge in [0.05, 0.1) is 31.5 Å². The van der Waals surface area contributed by atoms with Crippen molar-refractivity contribution in [3.63, 3.8) is 0 Å². The lowest BCUT2D eigenvalue weighted by atomic mass is 10.1. The van der Waals surface area contributed by atoms with Gasteiger partial charge in [0.25, 0.3) is 30.4 Å². The summed E-state index contributed by atoms with van der Waals surface area (Å²) in [7, 11) is -9.13. The van der Waals surface area contributed by atoms with Crippen molar-refractivity contribution in [3.8, 4) is 0 Å². The molecular weight excluding hydrogens is 508 g/mol. The van der Waals surface area contributed by atoms with Gasteiger partial charge in [0.15, 0.2) is 0 Å². The topological polar surface area (TPSA) is 148 Å². The van der Waals surface area contributed by atoms with Crippen molar-refractivity contribution in [3.05, 3.63) is 35.4 Å². The van der Waals surface area contributed by atoms with Gasteiger partial charge in [-0.15, -0.1) is 0 Å². The molecule has 0 spiro atoms. The van der Waals surface area contributed by atoms with Crippen LogP contribution >= 0.6 is 0 Å². The van der Waals surface area contributed by atoms with Crippen LogP contribution in [0.15, 0.2) is 24.3 Å². The highest BCUT2D eigenvalue weighted by atomic mass is 32.2. The zero-order chi connectivity index (χ0) is 25.8. The minimum absolute atomic E-state index is 0.112. The predicted molar refractivity (Wildman–Crippen MR) is 130 cm³/mol. The van der Waals surface area contributed by atoms with E-state index in [0.29, 0.717) is 26.2 Å². The normalized spacial score (nSPS) is 13.1. The summed E-state index contributed by atoms with van der Waals surface area (Å²) in [5.41, 5.74) is 1.85. The molecule has 0 aliphatic heterocycles. The van der Waals surface area contributed by atoms with Crippen LogP contribution in [0.2, 0.25) is 0 Å². The Morgan fingerprint density at radius 3 is 1.65 bits per heavy atom. The second-order valence-electron chi connectivity index (χ2n) is 7.87. The van der Waals surface area contributed by atoms with Gasteiger partial charge in [0.1, 0.15) is 0 Å². The fourth-order valence-electron chi connectivity index (χ4n) is 3.32. The van der Waals surface area contributed by atoms with Crippen LogP contribution in [0.4, 0.5) is 0 Å². The molecule has 0 saturated heterocycles. The number of hydrogen-bond acceptors (Lipinski definition) is 10. The maximum Gasteiger partial charge on any atom is 0.268 e. The molecule has 0 aromatic heterocycles. The monoisotopic (exact) mass is 544 g/mol. The minimum atomic E-state index is -4.11. The van der Waals surface area contributed by atoms with Crippen molar-refractivity contribution in [2.24, 2.45) is 0 Å². The summed E-state index contributed by atoms with van der Waals surface area (Å²) in [6.45, 7) is 4.33. The standard InChI is InChI=1S/C20H36N2O9S3/c1-4-9-21(11-14-33(26,27)30-2)17-19-7-5-8-20(16-19)18-22(10-6-13-32(23,24)25)12-15-34(28,29)31-3/h5,7-8,16H,4,6,9-15,17-18H2,1-3H3,(H,23,24,25). The van der Waals surface area contributed by atoms with Gasteiger partial charge >= 0.3 is 0 Å². The third-order valence-corrected chi connectivity index (χ3v) is 8.23. The van der Waals surface area contributed by atoms with E-state index >= 15 is 0 Å². The molecule has 1 aromatic rings. The van der Waals surface area contributed by atoms with E-state index in [2.05, 4.69) is 8.37 Å². The largest absolute Gasteiger partial charge is 0.298 e. The first-order valence-electron chi connectivity index (χ1n) is 10.8. The van der Waals surface area contributed by atoms with Crippen molar-refractivity contribution in [1.29, 1.82) is 0 Å². The lowest BCUT2D eigenvalue weighted by Gasteiger charge is -2.24. The van der Waals surface area contributed by atoms with Gasteiger partial charge in [-0.1, -0.05) is 31.2 Å². The van der Waals surface area contributed by atoms with Crippen molar-refractivity contribution in [2.75, 3.05) is 57.7 Å². The molecule has 0 heterocycles. The molecule has 1 N–H and O–H groups in total. The van der Waals surface area contributed by atoms with E-state index in [1.165, 1.54) is 0 Å². The molecule has 0 amide bonds. The molecule has 1 aromatic carbocycles. The molecular formula is C20H36N2O9S3. The summed E-state index contributed by atoms with van der Waals surface area (Å²) in [6.07, 6.45) is 0.992. The zero-order valence-corrected chi connectivity index (χ0v) is 22.4. The zero-order valence-electron chi connectivity index (χ0n) is 19.9. The summed E-state index contributed by atoms with van der Waals surface area (Å²) < 4.78 is 86.9. The fourth-order valence-corrected chi connectivity index (χ4v) is 5.11. The quantitative estimate of drug-likeness (QED) is 0.208. The van der Waals surface area contributed by atoms with Crippen LogP contribution in [-0.4, -0.2) is 97.3 Å². The van der Waals surface area contributed by atoms with Crippen LogP contribution in [0.25, 0.3) is 0 Å². The Morgan fingerprint density at radius 1 is 0.765 bits per heavy atom. The molecule has 34 heavy (non-hydrogen) atoms. The Morgan fingerprint density at radius 2 is 1.24 bits per heavy atom. The van der Waals surface area contributed by atoms with Gasteiger partial charge in [-0.2, -0.15) is 25.3 Å². The van der Waals surface area contributed by atoms with Crippen LogP contribution in [0.1, 0.15) is 30.9 Å². The molecule has 0 radical (unpaired) electrons. The van der Waals surface area contributed by atoms with E-state index in [0.717, 1.165) is 31.8 Å². The molecule has 0 unspecified atom stereocenters. The van der Waals surface area contributed by atoms with Gasteiger partial charge in [0, 0.05) is 26.2 Å². The summed E-state index contributed by atoms with van der Waals surface area (Å²) >= 11 is 0. The van der Waals surface area contributed by atoms with Crippen molar-refractivity contribution in [2.45, 2.75) is 32.9 Å². The summed E-state index contributed by atoms with van der Waals surface area (Å²) in [5, 5.41) is 0. The number of hydrogen-bond donors (Lipinski definition) is 1. The maximum atomic E-state index is 11.7. The average molecular weight is 545 g/mol. The van der Waals surface area contributed by atoms with Gasteiger partial charge in [-0.25, -0.2) is 0 Å². The lowest BCUT2D eigenvalue weighted by Crippen LogP contribution is -2.31. The third-order valence-electron chi connectivity index (χ3n) is 5.04. The van der Waals surface area contributed by atoms with Crippen LogP contribution in [0, 0.1) is 0 Å². The van der Waals surface area contributed by atoms with E-state index in [4.69, 9.17) is 4.55 Å². The summed E-state index contributed by atoms with van der Waals surface area (Å²) in [5.74, 6) is -0.789. The van der Waals surface area contributed by atoms with Crippen LogP contribution in [0.5, 0.6) is 0 Å². The van der Waals surface area contributed by atoms with E-state index < -0.39 is 36.1 Å². The van der Waals surface area contributed by atoms with Crippen molar-refractivity contribution < 1.29 is 38.2 Å². The van der Waals surface area contributed by atoms with E-state index in [9.17, 15) is 25.3 Å².